The Morgan fingerprint density at radius 2 is 2.41 bits per heavy atom. The van der Waals surface area contributed by atoms with E-state index in [0.717, 1.165) is 13.1 Å². The predicted octanol–water partition coefficient (Wildman–Crippen LogP) is 0.964. The van der Waals surface area contributed by atoms with Crippen molar-refractivity contribution >= 4 is 5.97 Å². The quantitative estimate of drug-likeness (QED) is 0.729. The van der Waals surface area contributed by atoms with E-state index >= 15 is 0 Å². The average molecular weight is 235 g/mol. The van der Waals surface area contributed by atoms with Gasteiger partial charge in [0.05, 0.1) is 13.1 Å². The first-order valence-corrected chi connectivity index (χ1v) is 5.26. The molecule has 90 valence electrons. The van der Waals surface area contributed by atoms with Crippen LogP contribution < -0.4 is 5.32 Å². The molecule has 0 aromatic carbocycles. The fourth-order valence-corrected chi connectivity index (χ4v) is 1.43. The number of hydrogen-bond acceptors (Lipinski definition) is 4. The third kappa shape index (κ3) is 3.18. The molecule has 0 atom stereocenters. The third-order valence-electron chi connectivity index (χ3n) is 2.25. The number of rotatable bonds is 6. The lowest BCUT2D eigenvalue weighted by molar-refractivity contribution is 0.0660. The van der Waals surface area contributed by atoms with Crippen LogP contribution in [0, 0.1) is 0 Å². The van der Waals surface area contributed by atoms with Crippen LogP contribution in [0.5, 0.6) is 0 Å². The second-order valence-corrected chi connectivity index (χ2v) is 3.52. The van der Waals surface area contributed by atoms with Gasteiger partial charge in [0.2, 0.25) is 5.76 Å². The van der Waals surface area contributed by atoms with Crippen molar-refractivity contribution in [3.63, 3.8) is 0 Å². The van der Waals surface area contributed by atoms with Gasteiger partial charge in [-0.2, -0.15) is 5.10 Å². The Balaban J connectivity index is 1.72. The van der Waals surface area contributed by atoms with Gasteiger partial charge in [-0.3, -0.25) is 4.68 Å². The first-order valence-electron chi connectivity index (χ1n) is 5.26. The SMILES string of the molecule is O=C(O)c1ccc(CNCCn2cccn2)o1. The van der Waals surface area contributed by atoms with Gasteiger partial charge < -0.3 is 14.8 Å². The molecule has 0 unspecified atom stereocenters. The minimum absolute atomic E-state index is 0.0334. The Hall–Kier alpha value is -2.08. The highest BCUT2D eigenvalue weighted by Gasteiger charge is 2.07. The van der Waals surface area contributed by atoms with E-state index in [1.807, 2.05) is 16.9 Å². The zero-order chi connectivity index (χ0) is 12.1. The molecular formula is C11H13N3O3. The van der Waals surface area contributed by atoms with Gasteiger partial charge in [-0.15, -0.1) is 0 Å². The molecule has 0 saturated carbocycles. The minimum Gasteiger partial charge on any atom is -0.475 e. The zero-order valence-electron chi connectivity index (χ0n) is 9.17. The summed E-state index contributed by atoms with van der Waals surface area (Å²) in [7, 11) is 0. The molecule has 2 heterocycles. The maximum absolute atomic E-state index is 10.6. The molecule has 6 nitrogen and oxygen atoms in total. The van der Waals surface area contributed by atoms with E-state index in [0.29, 0.717) is 12.3 Å². The van der Waals surface area contributed by atoms with Crippen molar-refractivity contribution in [1.29, 1.82) is 0 Å². The zero-order valence-corrected chi connectivity index (χ0v) is 9.17. The molecule has 2 rings (SSSR count). The molecule has 0 bridgehead atoms. The first kappa shape index (κ1) is 11.4. The number of hydrogen-bond donors (Lipinski definition) is 2. The summed E-state index contributed by atoms with van der Waals surface area (Å²) in [6, 6.07) is 4.98. The van der Waals surface area contributed by atoms with Crippen molar-refractivity contribution in [2.24, 2.45) is 0 Å². The summed E-state index contributed by atoms with van der Waals surface area (Å²) >= 11 is 0. The van der Waals surface area contributed by atoms with E-state index in [-0.39, 0.29) is 5.76 Å². The van der Waals surface area contributed by atoms with Crippen molar-refractivity contribution < 1.29 is 14.3 Å². The molecule has 17 heavy (non-hydrogen) atoms. The number of nitrogens with one attached hydrogen (secondary N) is 1. The van der Waals surface area contributed by atoms with E-state index < -0.39 is 5.97 Å². The molecule has 0 saturated heterocycles. The van der Waals surface area contributed by atoms with Crippen LogP contribution in [0.1, 0.15) is 16.3 Å². The van der Waals surface area contributed by atoms with E-state index in [2.05, 4.69) is 10.4 Å². The highest BCUT2D eigenvalue weighted by atomic mass is 16.4. The van der Waals surface area contributed by atoms with Crippen LogP contribution in [0.4, 0.5) is 0 Å². The molecule has 2 aromatic heterocycles. The second-order valence-electron chi connectivity index (χ2n) is 3.52. The third-order valence-corrected chi connectivity index (χ3v) is 2.25. The summed E-state index contributed by atoms with van der Waals surface area (Å²) in [5.74, 6) is -0.468. The monoisotopic (exact) mass is 235 g/mol. The van der Waals surface area contributed by atoms with Crippen LogP contribution in [0.3, 0.4) is 0 Å². The van der Waals surface area contributed by atoms with Crippen molar-refractivity contribution in [2.45, 2.75) is 13.1 Å². The molecule has 0 spiro atoms. The maximum atomic E-state index is 10.6. The Kier molecular flexibility index (Phi) is 3.56. The highest BCUT2D eigenvalue weighted by molar-refractivity contribution is 5.84. The van der Waals surface area contributed by atoms with Crippen molar-refractivity contribution in [1.82, 2.24) is 15.1 Å². The van der Waals surface area contributed by atoms with E-state index in [4.69, 9.17) is 9.52 Å². The summed E-state index contributed by atoms with van der Waals surface area (Å²) < 4.78 is 6.92. The van der Waals surface area contributed by atoms with Crippen molar-refractivity contribution in [3.8, 4) is 0 Å². The first-order chi connectivity index (χ1) is 8.25. The Bertz CT molecular complexity index is 476. The summed E-state index contributed by atoms with van der Waals surface area (Å²) in [5, 5.41) is 15.9. The van der Waals surface area contributed by atoms with Gasteiger partial charge in [0.25, 0.3) is 0 Å². The lowest BCUT2D eigenvalue weighted by atomic mass is 10.4. The van der Waals surface area contributed by atoms with Gasteiger partial charge in [-0.1, -0.05) is 0 Å². The fraction of sp³-hybridized carbons (Fsp3) is 0.273. The maximum Gasteiger partial charge on any atom is 0.371 e. The number of nitrogens with zero attached hydrogens (tertiary/aromatic N) is 2. The van der Waals surface area contributed by atoms with Crippen molar-refractivity contribution in [3.05, 3.63) is 42.1 Å². The molecule has 0 aliphatic heterocycles. The van der Waals surface area contributed by atoms with Crippen LogP contribution in [-0.2, 0) is 13.1 Å². The summed E-state index contributed by atoms with van der Waals surface area (Å²) in [6.07, 6.45) is 3.61. The average Bonchev–Trinajstić information content (AvgIpc) is 2.96. The second kappa shape index (κ2) is 5.31. The van der Waals surface area contributed by atoms with Gasteiger partial charge in [0.15, 0.2) is 0 Å². The van der Waals surface area contributed by atoms with Crippen molar-refractivity contribution in [2.75, 3.05) is 6.54 Å². The Labute approximate surface area is 97.9 Å². The minimum atomic E-state index is -1.05. The molecular weight excluding hydrogens is 222 g/mol. The van der Waals surface area contributed by atoms with Gasteiger partial charge in [0, 0.05) is 18.9 Å². The highest BCUT2D eigenvalue weighted by Crippen LogP contribution is 2.07. The normalized spacial score (nSPS) is 10.6. The molecule has 0 aliphatic rings. The standard InChI is InChI=1S/C11H13N3O3/c15-11(16)10-3-2-9(17-10)8-12-5-7-14-6-1-4-13-14/h1-4,6,12H,5,7-8H2,(H,15,16). The van der Waals surface area contributed by atoms with E-state index in [1.54, 1.807) is 12.3 Å². The topological polar surface area (TPSA) is 80.3 Å². The summed E-state index contributed by atoms with van der Waals surface area (Å²) in [4.78, 5) is 10.6. The molecule has 2 N–H and O–H groups in total. The molecule has 0 aliphatic carbocycles. The summed E-state index contributed by atoms with van der Waals surface area (Å²) in [6.45, 7) is 2.01. The van der Waals surface area contributed by atoms with Gasteiger partial charge >= 0.3 is 5.97 Å². The number of carboxylic acids is 1. The number of furan rings is 1. The lowest BCUT2D eigenvalue weighted by Crippen LogP contribution is -2.19. The number of carbonyl (C=O) groups is 1. The molecule has 0 amide bonds. The largest absolute Gasteiger partial charge is 0.475 e. The van der Waals surface area contributed by atoms with E-state index in [1.165, 1.54) is 6.07 Å². The smallest absolute Gasteiger partial charge is 0.371 e. The summed E-state index contributed by atoms with van der Waals surface area (Å²) in [5.41, 5.74) is 0. The number of aromatic carboxylic acids is 1. The van der Waals surface area contributed by atoms with E-state index in [9.17, 15) is 4.79 Å². The Morgan fingerprint density at radius 1 is 1.53 bits per heavy atom. The number of carboxylic acid groups (broad SMARTS) is 1. The van der Waals surface area contributed by atoms with Crippen LogP contribution in [-0.4, -0.2) is 27.4 Å². The van der Waals surface area contributed by atoms with Gasteiger partial charge in [-0.05, 0) is 18.2 Å². The molecule has 0 radical (unpaired) electrons. The Morgan fingerprint density at radius 3 is 3.06 bits per heavy atom. The van der Waals surface area contributed by atoms with Crippen LogP contribution in [0.15, 0.2) is 35.0 Å². The fourth-order valence-electron chi connectivity index (χ4n) is 1.43. The van der Waals surface area contributed by atoms with Gasteiger partial charge in [0.1, 0.15) is 5.76 Å². The van der Waals surface area contributed by atoms with Crippen LogP contribution in [0.25, 0.3) is 0 Å². The van der Waals surface area contributed by atoms with Crippen LogP contribution in [0.2, 0.25) is 0 Å². The number of aromatic nitrogens is 2. The predicted molar refractivity (Wildman–Crippen MR) is 59.6 cm³/mol. The molecule has 2 aromatic rings. The van der Waals surface area contributed by atoms with Gasteiger partial charge in [-0.25, -0.2) is 4.79 Å². The lowest BCUT2D eigenvalue weighted by Gasteiger charge is -2.02. The van der Waals surface area contributed by atoms with Crippen LogP contribution >= 0.6 is 0 Å². The molecule has 6 heteroatoms. The molecule has 0 fully saturated rings.